The highest BCUT2D eigenvalue weighted by atomic mass is 35.5. The number of amides is 1. The largest absolute Gasteiger partial charge is 0.452 e. The number of sulfone groups is 1. The van der Waals surface area contributed by atoms with Crippen LogP contribution in [0.25, 0.3) is 6.08 Å². The van der Waals surface area contributed by atoms with Gasteiger partial charge in [-0.25, -0.2) is 17.9 Å². The Kier molecular flexibility index (Phi) is 7.89. The highest BCUT2D eigenvalue weighted by Crippen LogP contribution is 2.30. The Morgan fingerprint density at radius 2 is 2.09 bits per heavy atom. The molecule has 1 aromatic heterocycles. The smallest absolute Gasteiger partial charge is 0.331 e. The number of esters is 1. The summed E-state index contributed by atoms with van der Waals surface area (Å²) in [5.74, 6) is -1.14. The molecule has 0 N–H and O–H groups in total. The summed E-state index contributed by atoms with van der Waals surface area (Å²) in [7, 11) is -3.10. The molecule has 174 valence electrons. The summed E-state index contributed by atoms with van der Waals surface area (Å²) in [5.41, 5.74) is 1.62. The first-order valence-corrected chi connectivity index (χ1v) is 12.4. The molecule has 1 aromatic carbocycles. The molecule has 0 saturated carbocycles. The van der Waals surface area contributed by atoms with E-state index in [4.69, 9.17) is 21.6 Å². The Hall–Kier alpha value is -3.16. The van der Waals surface area contributed by atoms with Gasteiger partial charge in [-0.15, -0.1) is 0 Å². The van der Waals surface area contributed by atoms with Crippen molar-refractivity contribution in [1.82, 2.24) is 9.78 Å². The third-order valence-corrected chi connectivity index (χ3v) is 7.29. The number of carbonyl (C=O) groups is 2. The minimum atomic E-state index is -3.10. The zero-order valence-electron chi connectivity index (χ0n) is 18.0. The highest BCUT2D eigenvalue weighted by Gasteiger charge is 2.31. The van der Waals surface area contributed by atoms with Crippen molar-refractivity contribution in [2.75, 3.05) is 29.6 Å². The van der Waals surface area contributed by atoms with Crippen molar-refractivity contribution in [3.8, 4) is 6.07 Å². The van der Waals surface area contributed by atoms with E-state index < -0.39 is 28.3 Å². The van der Waals surface area contributed by atoms with Crippen molar-refractivity contribution in [1.29, 1.82) is 5.26 Å². The van der Waals surface area contributed by atoms with Crippen molar-refractivity contribution in [3.63, 3.8) is 0 Å². The number of hydrogen-bond acceptors (Lipinski definition) is 7. The molecule has 2 aromatic rings. The zero-order chi connectivity index (χ0) is 24.0. The van der Waals surface area contributed by atoms with Gasteiger partial charge in [0.05, 0.1) is 35.7 Å². The van der Waals surface area contributed by atoms with Crippen LogP contribution in [0.1, 0.15) is 30.1 Å². The van der Waals surface area contributed by atoms with E-state index in [1.807, 2.05) is 12.1 Å². The Morgan fingerprint density at radius 3 is 2.73 bits per heavy atom. The van der Waals surface area contributed by atoms with Crippen LogP contribution < -0.4 is 4.90 Å². The summed E-state index contributed by atoms with van der Waals surface area (Å²) in [6.07, 6.45) is 3.14. The molecule has 1 amide bonds. The number of aryl methyl sites for hydroxylation is 1. The molecular formula is C22H23ClN4O5S. The van der Waals surface area contributed by atoms with Crippen LogP contribution in [0.3, 0.4) is 0 Å². The summed E-state index contributed by atoms with van der Waals surface area (Å²) in [6, 6.07) is 10.5. The minimum Gasteiger partial charge on any atom is -0.452 e. The van der Waals surface area contributed by atoms with Gasteiger partial charge in [0.1, 0.15) is 5.15 Å². The lowest BCUT2D eigenvalue weighted by Crippen LogP contribution is -2.35. The number of anilines is 1. The first-order chi connectivity index (χ1) is 15.7. The summed E-state index contributed by atoms with van der Waals surface area (Å²) < 4.78 is 30.0. The molecule has 9 nitrogen and oxygen atoms in total. The predicted molar refractivity (Wildman–Crippen MR) is 123 cm³/mol. The van der Waals surface area contributed by atoms with E-state index in [0.717, 1.165) is 6.08 Å². The van der Waals surface area contributed by atoms with Crippen LogP contribution in [-0.4, -0.2) is 54.7 Å². The van der Waals surface area contributed by atoms with Crippen LogP contribution in [0.15, 0.2) is 36.4 Å². The molecule has 1 saturated heterocycles. The van der Waals surface area contributed by atoms with Gasteiger partial charge in [-0.05, 0) is 31.6 Å². The third kappa shape index (κ3) is 6.21. The summed E-state index contributed by atoms with van der Waals surface area (Å²) in [6.45, 7) is 1.39. The molecule has 0 aliphatic carbocycles. The average Bonchev–Trinajstić information content (AvgIpc) is 3.29. The van der Waals surface area contributed by atoms with Gasteiger partial charge < -0.3 is 9.64 Å². The number of halogens is 1. The van der Waals surface area contributed by atoms with Crippen molar-refractivity contribution in [3.05, 3.63) is 52.8 Å². The number of nitriles is 1. The maximum atomic E-state index is 12.6. The SMILES string of the molecule is Cc1nn([C@@H]2CCS(=O)(=O)C2)c(Cl)c1/C=C/C(=O)OCC(=O)N(CCC#N)c1ccccc1. The molecule has 1 aliphatic heterocycles. The molecule has 1 aliphatic rings. The normalized spacial score (nSPS) is 17.1. The quantitative estimate of drug-likeness (QED) is 0.411. The summed E-state index contributed by atoms with van der Waals surface area (Å²) >= 11 is 6.39. The fourth-order valence-electron chi connectivity index (χ4n) is 3.51. The number of rotatable bonds is 8. The molecule has 0 unspecified atom stereocenters. The number of aromatic nitrogens is 2. The molecule has 0 bridgehead atoms. The van der Waals surface area contributed by atoms with Gasteiger partial charge in [-0.2, -0.15) is 10.4 Å². The van der Waals surface area contributed by atoms with Crippen molar-refractivity contribution in [2.24, 2.45) is 0 Å². The van der Waals surface area contributed by atoms with Gasteiger partial charge in [0.15, 0.2) is 16.4 Å². The molecule has 33 heavy (non-hydrogen) atoms. The number of nitrogens with zero attached hydrogens (tertiary/aromatic N) is 4. The van der Waals surface area contributed by atoms with E-state index in [9.17, 15) is 18.0 Å². The first-order valence-electron chi connectivity index (χ1n) is 10.2. The van der Waals surface area contributed by atoms with Crippen LogP contribution in [0, 0.1) is 18.3 Å². The molecule has 3 rings (SSSR count). The summed E-state index contributed by atoms with van der Waals surface area (Å²) in [5, 5.41) is 13.4. The Labute approximate surface area is 197 Å². The molecular weight excluding hydrogens is 468 g/mol. The minimum absolute atomic E-state index is 0.0230. The van der Waals surface area contributed by atoms with E-state index in [0.29, 0.717) is 23.4 Å². The summed E-state index contributed by atoms with van der Waals surface area (Å²) in [4.78, 5) is 26.1. The molecule has 0 spiro atoms. The standard InChI is InChI=1S/C22H23ClN4O5S/c1-16-19(22(23)27(25-16)18-10-13-33(30,31)15-18)8-9-21(29)32-14-20(28)26(12-5-11-24)17-6-3-2-4-7-17/h2-4,6-9,18H,5,10,12-15H2,1H3/b9-8+/t18-/m1/s1. The first kappa shape index (κ1) is 24.5. The molecule has 2 heterocycles. The van der Waals surface area contributed by atoms with E-state index in [1.54, 1.807) is 31.2 Å². The monoisotopic (exact) mass is 490 g/mol. The lowest BCUT2D eigenvalue weighted by molar-refractivity contribution is -0.142. The highest BCUT2D eigenvalue weighted by molar-refractivity contribution is 7.91. The van der Waals surface area contributed by atoms with E-state index in [1.165, 1.54) is 15.7 Å². The fraction of sp³-hybridized carbons (Fsp3) is 0.364. The van der Waals surface area contributed by atoms with Gasteiger partial charge in [0.2, 0.25) is 0 Å². The van der Waals surface area contributed by atoms with E-state index >= 15 is 0 Å². The van der Waals surface area contributed by atoms with Crippen LogP contribution in [0.4, 0.5) is 5.69 Å². The number of benzene rings is 1. The van der Waals surface area contributed by atoms with Crippen molar-refractivity contribution < 1.29 is 22.7 Å². The number of hydrogen-bond donors (Lipinski definition) is 0. The average molecular weight is 491 g/mol. The third-order valence-electron chi connectivity index (χ3n) is 5.17. The molecule has 1 fully saturated rings. The number of carbonyl (C=O) groups excluding carboxylic acids is 2. The molecule has 1 atom stereocenters. The number of para-hydroxylation sites is 1. The zero-order valence-corrected chi connectivity index (χ0v) is 19.6. The Morgan fingerprint density at radius 1 is 1.36 bits per heavy atom. The van der Waals surface area contributed by atoms with Gasteiger partial charge in [-0.3, -0.25) is 4.79 Å². The fourth-order valence-corrected chi connectivity index (χ4v) is 5.58. The molecule has 0 radical (unpaired) electrons. The van der Waals surface area contributed by atoms with Gasteiger partial charge >= 0.3 is 5.97 Å². The van der Waals surface area contributed by atoms with E-state index in [-0.39, 0.29) is 35.7 Å². The Bertz CT molecular complexity index is 1200. The predicted octanol–water partition coefficient (Wildman–Crippen LogP) is 2.71. The van der Waals surface area contributed by atoms with Gasteiger partial charge in [-0.1, -0.05) is 29.8 Å². The second-order valence-electron chi connectivity index (χ2n) is 7.52. The number of ether oxygens (including phenoxy) is 1. The van der Waals surface area contributed by atoms with Crippen molar-refractivity contribution >= 4 is 45.1 Å². The molecule has 11 heteroatoms. The topological polar surface area (TPSA) is 122 Å². The lowest BCUT2D eigenvalue weighted by Gasteiger charge is -2.21. The van der Waals surface area contributed by atoms with Crippen LogP contribution in [0.2, 0.25) is 5.15 Å². The Balaban J connectivity index is 1.63. The van der Waals surface area contributed by atoms with Crippen LogP contribution in [-0.2, 0) is 24.2 Å². The maximum absolute atomic E-state index is 12.6. The maximum Gasteiger partial charge on any atom is 0.331 e. The van der Waals surface area contributed by atoms with Crippen molar-refractivity contribution in [2.45, 2.75) is 25.8 Å². The second-order valence-corrected chi connectivity index (χ2v) is 10.1. The van der Waals surface area contributed by atoms with Crippen LogP contribution in [0.5, 0.6) is 0 Å². The van der Waals surface area contributed by atoms with E-state index in [2.05, 4.69) is 5.10 Å². The van der Waals surface area contributed by atoms with Crippen LogP contribution >= 0.6 is 11.6 Å². The lowest BCUT2D eigenvalue weighted by atomic mass is 10.2. The van der Waals surface area contributed by atoms with Gasteiger partial charge in [0, 0.05) is 23.9 Å². The van der Waals surface area contributed by atoms with Gasteiger partial charge in [0.25, 0.3) is 5.91 Å². The second kappa shape index (κ2) is 10.6.